The van der Waals surface area contributed by atoms with E-state index >= 15 is 0 Å². The Morgan fingerprint density at radius 2 is 1.93 bits per heavy atom. The number of unbranched alkanes of at least 4 members (excludes halogenated alkanes) is 1. The van der Waals surface area contributed by atoms with Crippen LogP contribution in [0.25, 0.3) is 0 Å². The molecule has 27 heavy (non-hydrogen) atoms. The van der Waals surface area contributed by atoms with E-state index in [9.17, 15) is 4.79 Å². The van der Waals surface area contributed by atoms with Crippen LogP contribution in [0.4, 0.5) is 0 Å². The number of thiophene rings is 1. The molecule has 1 atom stereocenters. The molecule has 0 fully saturated rings. The summed E-state index contributed by atoms with van der Waals surface area (Å²) in [4.78, 5) is 17.8. The molecule has 0 bridgehead atoms. The van der Waals surface area contributed by atoms with Crippen molar-refractivity contribution in [1.82, 2.24) is 10.3 Å². The number of aryl methyl sites for hydroxylation is 2. The molecule has 0 aliphatic heterocycles. The summed E-state index contributed by atoms with van der Waals surface area (Å²) < 4.78 is 0. The lowest BCUT2D eigenvalue weighted by molar-refractivity contribution is -0.121. The third-order valence-corrected chi connectivity index (χ3v) is 5.57. The maximum absolute atomic E-state index is 12.6. The summed E-state index contributed by atoms with van der Waals surface area (Å²) in [6, 6.07) is 16.6. The van der Waals surface area contributed by atoms with Gasteiger partial charge >= 0.3 is 0 Å². The summed E-state index contributed by atoms with van der Waals surface area (Å²) in [5.41, 5.74) is 3.57. The van der Waals surface area contributed by atoms with Crippen LogP contribution in [0.1, 0.15) is 53.8 Å². The van der Waals surface area contributed by atoms with Gasteiger partial charge in [0.1, 0.15) is 0 Å². The maximum atomic E-state index is 12.6. The Labute approximate surface area is 165 Å². The Hall–Kier alpha value is -2.46. The highest BCUT2D eigenvalue weighted by Crippen LogP contribution is 2.26. The zero-order valence-electron chi connectivity index (χ0n) is 15.7. The van der Waals surface area contributed by atoms with E-state index < -0.39 is 0 Å². The predicted octanol–water partition coefficient (Wildman–Crippen LogP) is 5.32. The molecule has 1 amide bonds. The van der Waals surface area contributed by atoms with E-state index in [1.807, 2.05) is 24.4 Å². The zero-order chi connectivity index (χ0) is 18.9. The van der Waals surface area contributed by atoms with E-state index in [1.165, 1.54) is 18.4 Å². The molecule has 0 unspecified atom stereocenters. The van der Waals surface area contributed by atoms with E-state index in [0.29, 0.717) is 12.8 Å². The van der Waals surface area contributed by atoms with Crippen molar-refractivity contribution in [2.45, 2.75) is 45.1 Å². The fourth-order valence-electron chi connectivity index (χ4n) is 3.07. The van der Waals surface area contributed by atoms with Gasteiger partial charge in [-0.05, 0) is 53.5 Å². The molecule has 1 N–H and O–H groups in total. The minimum Gasteiger partial charge on any atom is -0.344 e. The minimum atomic E-state index is -0.0911. The minimum absolute atomic E-state index is 0.0623. The number of amides is 1. The van der Waals surface area contributed by atoms with Gasteiger partial charge in [0.2, 0.25) is 5.91 Å². The van der Waals surface area contributed by atoms with Crippen molar-refractivity contribution in [2.75, 3.05) is 0 Å². The van der Waals surface area contributed by atoms with Crippen molar-refractivity contribution < 1.29 is 4.79 Å². The third kappa shape index (κ3) is 5.76. The number of nitrogens with one attached hydrogen (secondary N) is 1. The van der Waals surface area contributed by atoms with Crippen molar-refractivity contribution in [3.63, 3.8) is 0 Å². The Kier molecular flexibility index (Phi) is 7.17. The van der Waals surface area contributed by atoms with Gasteiger partial charge in [-0.1, -0.05) is 49.7 Å². The molecule has 0 spiro atoms. The number of nitrogens with zero attached hydrogens (tertiary/aromatic N) is 1. The highest BCUT2D eigenvalue weighted by atomic mass is 32.1. The van der Waals surface area contributed by atoms with Crippen LogP contribution >= 0.6 is 11.3 Å². The second-order valence-corrected chi connectivity index (χ2v) is 7.70. The van der Waals surface area contributed by atoms with Crippen molar-refractivity contribution in [2.24, 2.45) is 0 Å². The molecule has 0 aliphatic carbocycles. The number of hydrogen-bond acceptors (Lipinski definition) is 3. The van der Waals surface area contributed by atoms with Crippen molar-refractivity contribution in [1.29, 1.82) is 0 Å². The topological polar surface area (TPSA) is 42.0 Å². The third-order valence-electron chi connectivity index (χ3n) is 4.63. The molecule has 0 radical (unpaired) electrons. The SMILES string of the molecule is CCCCc1ccc([C@H](NC(=O)CCc2cccnc2)c2cccs2)cc1. The Morgan fingerprint density at radius 1 is 1.07 bits per heavy atom. The van der Waals surface area contributed by atoms with Gasteiger partial charge in [0.15, 0.2) is 0 Å². The molecule has 2 heterocycles. The smallest absolute Gasteiger partial charge is 0.221 e. The average molecular weight is 379 g/mol. The highest BCUT2D eigenvalue weighted by molar-refractivity contribution is 7.10. The Balaban J connectivity index is 1.67. The van der Waals surface area contributed by atoms with Gasteiger partial charge in [-0.3, -0.25) is 9.78 Å². The van der Waals surface area contributed by atoms with Crippen LogP contribution in [0.2, 0.25) is 0 Å². The van der Waals surface area contributed by atoms with Crippen LogP contribution < -0.4 is 5.32 Å². The Bertz CT molecular complexity index is 813. The first-order chi connectivity index (χ1) is 13.3. The molecular formula is C23H26N2OS. The quantitative estimate of drug-likeness (QED) is 0.547. The number of benzene rings is 1. The summed E-state index contributed by atoms with van der Waals surface area (Å²) in [5, 5.41) is 5.27. The predicted molar refractivity (Wildman–Crippen MR) is 112 cm³/mol. The van der Waals surface area contributed by atoms with Gasteiger partial charge in [0, 0.05) is 23.7 Å². The molecule has 3 rings (SSSR count). The summed E-state index contributed by atoms with van der Waals surface area (Å²) in [6.07, 6.45) is 8.25. The van der Waals surface area contributed by atoms with Gasteiger partial charge in [-0.15, -0.1) is 11.3 Å². The number of carbonyl (C=O) groups excluding carboxylic acids is 1. The molecular weight excluding hydrogens is 352 g/mol. The zero-order valence-corrected chi connectivity index (χ0v) is 16.5. The van der Waals surface area contributed by atoms with E-state index in [4.69, 9.17) is 0 Å². The van der Waals surface area contributed by atoms with E-state index in [2.05, 4.69) is 52.9 Å². The first-order valence-electron chi connectivity index (χ1n) is 9.56. The molecule has 2 aromatic heterocycles. The standard InChI is InChI=1S/C23H26N2OS/c1-2-3-6-18-9-12-20(13-10-18)23(21-8-5-16-27-21)25-22(26)14-11-19-7-4-15-24-17-19/h4-5,7-10,12-13,15-17,23H,2-3,6,11,14H2,1H3,(H,25,26)/t23-/m0/s1. The first kappa shape index (κ1) is 19.3. The van der Waals surface area contributed by atoms with Gasteiger partial charge in [-0.2, -0.15) is 0 Å². The number of hydrogen-bond donors (Lipinski definition) is 1. The first-order valence-corrected chi connectivity index (χ1v) is 10.4. The van der Waals surface area contributed by atoms with Crippen LogP contribution in [0, 0.1) is 0 Å². The van der Waals surface area contributed by atoms with E-state index in [-0.39, 0.29) is 11.9 Å². The van der Waals surface area contributed by atoms with Crippen LogP contribution in [0.3, 0.4) is 0 Å². The summed E-state index contributed by atoms with van der Waals surface area (Å²) in [6.45, 7) is 2.21. The lowest BCUT2D eigenvalue weighted by Crippen LogP contribution is -2.29. The van der Waals surface area contributed by atoms with Crippen molar-refractivity contribution in [3.8, 4) is 0 Å². The summed E-state index contributed by atoms with van der Waals surface area (Å²) in [7, 11) is 0. The number of carbonyl (C=O) groups is 1. The normalized spacial score (nSPS) is 11.9. The fraction of sp³-hybridized carbons (Fsp3) is 0.304. The van der Waals surface area contributed by atoms with E-state index in [1.54, 1.807) is 17.5 Å². The number of rotatable bonds is 9. The molecule has 140 valence electrons. The number of pyridine rings is 1. The van der Waals surface area contributed by atoms with Crippen LogP contribution in [-0.2, 0) is 17.6 Å². The average Bonchev–Trinajstić information content (AvgIpc) is 3.25. The molecule has 3 nitrogen and oxygen atoms in total. The van der Waals surface area contributed by atoms with Gasteiger partial charge in [0.05, 0.1) is 6.04 Å². The fourth-order valence-corrected chi connectivity index (χ4v) is 3.87. The van der Waals surface area contributed by atoms with Crippen LogP contribution in [-0.4, -0.2) is 10.9 Å². The molecule has 0 saturated heterocycles. The monoisotopic (exact) mass is 378 g/mol. The Morgan fingerprint density at radius 3 is 2.59 bits per heavy atom. The second kappa shape index (κ2) is 10.0. The van der Waals surface area contributed by atoms with Gasteiger partial charge in [-0.25, -0.2) is 0 Å². The van der Waals surface area contributed by atoms with E-state index in [0.717, 1.165) is 22.4 Å². The molecule has 4 heteroatoms. The number of aromatic nitrogens is 1. The summed E-state index contributed by atoms with van der Waals surface area (Å²) >= 11 is 1.68. The van der Waals surface area contributed by atoms with Crippen LogP contribution in [0.5, 0.6) is 0 Å². The largest absolute Gasteiger partial charge is 0.344 e. The van der Waals surface area contributed by atoms with Crippen molar-refractivity contribution >= 4 is 17.2 Å². The van der Waals surface area contributed by atoms with Crippen molar-refractivity contribution in [3.05, 3.63) is 87.9 Å². The lowest BCUT2D eigenvalue weighted by Gasteiger charge is -2.18. The lowest BCUT2D eigenvalue weighted by atomic mass is 10.0. The van der Waals surface area contributed by atoms with Gasteiger partial charge < -0.3 is 5.32 Å². The highest BCUT2D eigenvalue weighted by Gasteiger charge is 2.18. The van der Waals surface area contributed by atoms with Gasteiger partial charge in [0.25, 0.3) is 0 Å². The molecule has 1 aromatic carbocycles. The van der Waals surface area contributed by atoms with Crippen LogP contribution in [0.15, 0.2) is 66.3 Å². The maximum Gasteiger partial charge on any atom is 0.221 e. The molecule has 3 aromatic rings. The molecule has 0 saturated carbocycles. The summed E-state index contributed by atoms with van der Waals surface area (Å²) in [5.74, 6) is 0.0623. The second-order valence-electron chi connectivity index (χ2n) is 6.72. The molecule has 0 aliphatic rings.